The summed E-state index contributed by atoms with van der Waals surface area (Å²) in [5, 5.41) is -1.94. The minimum atomic E-state index is -4.72. The first-order valence-electron chi connectivity index (χ1n) is 6.32. The van der Waals surface area contributed by atoms with E-state index in [-0.39, 0.29) is 62.8 Å². The van der Waals surface area contributed by atoms with Gasteiger partial charge in [-0.2, -0.15) is 8.42 Å². The number of carbonyl (C=O) groups is 2. The van der Waals surface area contributed by atoms with E-state index in [9.17, 15) is 18.0 Å². The Morgan fingerprint density at radius 3 is 1.81 bits per heavy atom. The van der Waals surface area contributed by atoms with Gasteiger partial charge >= 0.3 is 11.9 Å². The van der Waals surface area contributed by atoms with Crippen molar-refractivity contribution in [2.24, 2.45) is 11.8 Å². The molecule has 9 heteroatoms. The van der Waals surface area contributed by atoms with Gasteiger partial charge in [-0.15, -0.1) is 0 Å². The third-order valence-electron chi connectivity index (χ3n) is 2.11. The zero-order valence-corrected chi connectivity index (χ0v) is 15.9. The van der Waals surface area contributed by atoms with Crippen molar-refractivity contribution in [3.05, 3.63) is 0 Å². The van der Waals surface area contributed by atoms with E-state index in [1.54, 1.807) is 13.8 Å². The molecule has 0 aromatic rings. The van der Waals surface area contributed by atoms with Crippen LogP contribution in [0.15, 0.2) is 0 Å². The summed E-state index contributed by atoms with van der Waals surface area (Å²) in [7, 11) is -4.72. The number of hydrogen-bond donors (Lipinski definition) is 1. The molecule has 0 saturated heterocycles. The van der Waals surface area contributed by atoms with Crippen molar-refractivity contribution in [3.8, 4) is 0 Å². The van der Waals surface area contributed by atoms with Crippen LogP contribution in [0.2, 0.25) is 0 Å². The molecule has 2 radical (unpaired) electrons. The minimum Gasteiger partial charge on any atom is -0.465 e. The zero-order chi connectivity index (χ0) is 15.9. The van der Waals surface area contributed by atoms with Crippen molar-refractivity contribution < 1.29 is 32.0 Å². The van der Waals surface area contributed by atoms with Gasteiger partial charge in [-0.25, -0.2) is 0 Å². The predicted molar refractivity (Wildman–Crippen MR) is 77.3 cm³/mol. The number of ether oxygens (including phenoxy) is 2. The van der Waals surface area contributed by atoms with E-state index in [4.69, 9.17) is 14.0 Å². The first-order chi connectivity index (χ1) is 9.04. The monoisotopic (exact) mass is 350 g/mol. The fourth-order valence-corrected chi connectivity index (χ4v) is 1.78. The third kappa shape index (κ3) is 11.3. The molecule has 0 saturated carbocycles. The largest absolute Gasteiger partial charge is 0.465 e. The Kier molecular flexibility index (Phi) is 12.0. The van der Waals surface area contributed by atoms with Gasteiger partial charge in [0.15, 0.2) is 5.25 Å². The summed E-state index contributed by atoms with van der Waals surface area (Å²) >= 11 is 0. The maximum absolute atomic E-state index is 11.6. The van der Waals surface area contributed by atoms with E-state index in [1.807, 2.05) is 13.8 Å². The molecule has 0 heterocycles. The molecule has 1 N–H and O–H groups in total. The first-order valence-corrected chi connectivity index (χ1v) is 7.83. The summed E-state index contributed by atoms with van der Waals surface area (Å²) < 4.78 is 40.8. The standard InChI is InChI=1S/C12H22O7S.Ca/c1-8(2)6-18-11(13)5-10(20(15,16)17)12(14)19-7-9(3)4;/h8-10H,5-7H2,1-4H3,(H,15,16,17);. The molecule has 0 spiro atoms. The van der Waals surface area contributed by atoms with E-state index in [1.165, 1.54) is 0 Å². The van der Waals surface area contributed by atoms with Crippen molar-refractivity contribution in [1.82, 2.24) is 0 Å². The summed E-state index contributed by atoms with van der Waals surface area (Å²) in [6, 6.07) is 0. The summed E-state index contributed by atoms with van der Waals surface area (Å²) in [6.07, 6.45) is -0.761. The summed E-state index contributed by atoms with van der Waals surface area (Å²) in [5.74, 6) is -1.93. The van der Waals surface area contributed by atoms with Gasteiger partial charge in [0.2, 0.25) is 0 Å². The van der Waals surface area contributed by atoms with Crippen LogP contribution in [0.1, 0.15) is 34.1 Å². The molecule has 120 valence electrons. The summed E-state index contributed by atoms with van der Waals surface area (Å²) in [4.78, 5) is 23.0. The van der Waals surface area contributed by atoms with Crippen molar-refractivity contribution >= 4 is 59.8 Å². The second-order valence-corrected chi connectivity index (χ2v) is 6.91. The number of esters is 2. The van der Waals surface area contributed by atoms with Gasteiger partial charge in [0, 0.05) is 37.7 Å². The van der Waals surface area contributed by atoms with Crippen molar-refractivity contribution in [2.45, 2.75) is 39.4 Å². The average Bonchev–Trinajstić information content (AvgIpc) is 2.28. The molecule has 0 bridgehead atoms. The Bertz CT molecular complexity index is 431. The van der Waals surface area contributed by atoms with Gasteiger partial charge in [0.05, 0.1) is 19.6 Å². The second-order valence-electron chi connectivity index (χ2n) is 5.31. The minimum absolute atomic E-state index is 0. The third-order valence-corrected chi connectivity index (χ3v) is 3.19. The number of rotatable bonds is 8. The van der Waals surface area contributed by atoms with E-state index in [0.29, 0.717) is 0 Å². The maximum atomic E-state index is 11.6. The van der Waals surface area contributed by atoms with Crippen LogP contribution in [0.3, 0.4) is 0 Å². The van der Waals surface area contributed by atoms with Crippen molar-refractivity contribution in [1.29, 1.82) is 0 Å². The Hall–Kier alpha value is 0.110. The SMILES string of the molecule is CC(C)COC(=O)CC(C(=O)OCC(C)C)S(=O)(=O)O.[Ca]. The quantitative estimate of drug-likeness (QED) is 0.389. The molecule has 0 fully saturated rings. The Morgan fingerprint density at radius 1 is 1.00 bits per heavy atom. The first kappa shape index (κ1) is 23.4. The van der Waals surface area contributed by atoms with Crippen LogP contribution in [-0.4, -0.2) is 81.1 Å². The fourth-order valence-electron chi connectivity index (χ4n) is 1.12. The summed E-state index contributed by atoms with van der Waals surface area (Å²) in [6.45, 7) is 7.28. The molecule has 0 aliphatic heterocycles. The molecular weight excluding hydrogens is 328 g/mol. The van der Waals surface area contributed by atoms with Gasteiger partial charge in [-0.05, 0) is 11.8 Å². The Balaban J connectivity index is 0. The molecule has 7 nitrogen and oxygen atoms in total. The predicted octanol–water partition coefficient (Wildman–Crippen LogP) is 0.651. The number of hydrogen-bond acceptors (Lipinski definition) is 6. The molecule has 0 aromatic carbocycles. The molecule has 0 aliphatic carbocycles. The molecule has 0 aliphatic rings. The van der Waals surface area contributed by atoms with Gasteiger partial charge in [0.25, 0.3) is 10.1 Å². The Morgan fingerprint density at radius 2 is 1.43 bits per heavy atom. The van der Waals surface area contributed by atoms with E-state index in [0.717, 1.165) is 0 Å². The van der Waals surface area contributed by atoms with Crippen LogP contribution in [-0.2, 0) is 29.2 Å². The zero-order valence-electron chi connectivity index (χ0n) is 12.9. The van der Waals surface area contributed by atoms with E-state index in [2.05, 4.69) is 0 Å². The van der Waals surface area contributed by atoms with Crippen LogP contribution in [0, 0.1) is 11.8 Å². The molecule has 0 aromatic heterocycles. The molecular formula is C12H22CaO7S. The van der Waals surface area contributed by atoms with Crippen LogP contribution in [0.4, 0.5) is 0 Å². The molecule has 0 rings (SSSR count). The fraction of sp³-hybridized carbons (Fsp3) is 0.833. The van der Waals surface area contributed by atoms with Gasteiger partial charge in [-0.1, -0.05) is 27.7 Å². The molecule has 0 amide bonds. The molecule has 21 heavy (non-hydrogen) atoms. The molecule has 1 unspecified atom stereocenters. The van der Waals surface area contributed by atoms with Gasteiger partial charge in [0.1, 0.15) is 0 Å². The van der Waals surface area contributed by atoms with Gasteiger partial charge in [-0.3, -0.25) is 14.1 Å². The van der Waals surface area contributed by atoms with Crippen LogP contribution < -0.4 is 0 Å². The maximum Gasteiger partial charge on any atom is 0.327 e. The normalized spacial score (nSPS) is 12.7. The van der Waals surface area contributed by atoms with Crippen LogP contribution >= 0.6 is 0 Å². The van der Waals surface area contributed by atoms with Crippen LogP contribution in [0.5, 0.6) is 0 Å². The topological polar surface area (TPSA) is 107 Å². The van der Waals surface area contributed by atoms with Crippen molar-refractivity contribution in [2.75, 3.05) is 13.2 Å². The summed E-state index contributed by atoms with van der Waals surface area (Å²) in [5.41, 5.74) is 0. The van der Waals surface area contributed by atoms with Crippen molar-refractivity contribution in [3.63, 3.8) is 0 Å². The smallest absolute Gasteiger partial charge is 0.327 e. The second kappa shape index (κ2) is 10.8. The Labute approximate surface area is 155 Å². The van der Waals surface area contributed by atoms with Crippen LogP contribution in [0.25, 0.3) is 0 Å². The van der Waals surface area contributed by atoms with E-state index < -0.39 is 33.7 Å². The van der Waals surface area contributed by atoms with E-state index >= 15 is 0 Å². The molecule has 1 atom stereocenters. The van der Waals surface area contributed by atoms with Gasteiger partial charge < -0.3 is 9.47 Å². The average molecular weight is 350 g/mol. The number of carbonyl (C=O) groups excluding carboxylic acids is 2.